The number of hydrogen-bond donors (Lipinski definition) is 1. The van der Waals surface area contributed by atoms with Gasteiger partial charge in [-0.05, 0) is 50.7 Å². The van der Waals surface area contributed by atoms with Crippen molar-refractivity contribution in [3.63, 3.8) is 0 Å². The molecule has 4 rings (SSSR count). The fourth-order valence-electron chi connectivity index (χ4n) is 8.01. The maximum Gasteiger partial charge on any atom is 0.306 e. The number of alkyl halides is 1. The van der Waals surface area contributed by atoms with E-state index in [-0.39, 0.29) is 31.0 Å². The number of allylic oxidation sites excluding steroid dienone is 4. The van der Waals surface area contributed by atoms with Gasteiger partial charge in [-0.1, -0.05) is 39.3 Å². The molecule has 0 spiro atoms. The lowest BCUT2D eigenvalue weighted by atomic mass is 9.44. The van der Waals surface area contributed by atoms with E-state index in [0.29, 0.717) is 24.8 Å². The molecule has 0 bridgehead atoms. The molecule has 7 nitrogen and oxygen atoms in total. The minimum atomic E-state index is -2.05. The number of halogens is 1. The standard InChI is InChI=1S/C28H37FO7/c1-6-23(33)35-15-22(32)28(36-24(34)7-2)16(3)12-20-19-9-8-17-13-18(30)10-11-25(17,4)27(19,29)21(31)14-26(20,28)5/h10-11,13,16,19-21,31H,6-9,12,14-15H2,1-5H3/t16-,19-,20-,21+,25+,26-,27-,28-/m1/s1. The second kappa shape index (κ2) is 8.89. The molecule has 0 amide bonds. The lowest BCUT2D eigenvalue weighted by Crippen LogP contribution is -2.70. The molecule has 4 aliphatic rings. The Morgan fingerprint density at radius 1 is 1.14 bits per heavy atom. The molecule has 1 N–H and O–H groups in total. The quantitative estimate of drug-likeness (QED) is 0.548. The van der Waals surface area contributed by atoms with Crippen LogP contribution in [0.3, 0.4) is 0 Å². The van der Waals surface area contributed by atoms with Gasteiger partial charge in [-0.2, -0.15) is 0 Å². The molecule has 0 radical (unpaired) electrons. The summed E-state index contributed by atoms with van der Waals surface area (Å²) in [4.78, 5) is 50.3. The van der Waals surface area contributed by atoms with Crippen molar-refractivity contribution in [3.05, 3.63) is 23.8 Å². The summed E-state index contributed by atoms with van der Waals surface area (Å²) in [5.74, 6) is -3.31. The number of fused-ring (bicyclic) bond motifs is 5. The largest absolute Gasteiger partial charge is 0.457 e. The fraction of sp³-hybridized carbons (Fsp3) is 0.714. The normalized spacial score (nSPS) is 43.1. The molecule has 36 heavy (non-hydrogen) atoms. The van der Waals surface area contributed by atoms with Crippen molar-refractivity contribution in [2.24, 2.45) is 28.6 Å². The van der Waals surface area contributed by atoms with E-state index in [1.807, 2.05) is 6.92 Å². The van der Waals surface area contributed by atoms with Gasteiger partial charge in [0.1, 0.15) is 0 Å². The second-order valence-electron chi connectivity index (χ2n) is 11.4. The first-order valence-corrected chi connectivity index (χ1v) is 13.0. The van der Waals surface area contributed by atoms with E-state index in [0.717, 1.165) is 0 Å². The molecule has 0 aromatic carbocycles. The van der Waals surface area contributed by atoms with Gasteiger partial charge in [0.15, 0.2) is 23.7 Å². The van der Waals surface area contributed by atoms with Gasteiger partial charge in [-0.25, -0.2) is 4.39 Å². The monoisotopic (exact) mass is 504 g/mol. The van der Waals surface area contributed by atoms with E-state index in [1.165, 1.54) is 12.2 Å². The van der Waals surface area contributed by atoms with Gasteiger partial charge in [0.25, 0.3) is 0 Å². The maximum absolute atomic E-state index is 17.4. The third-order valence-corrected chi connectivity index (χ3v) is 9.81. The lowest BCUT2D eigenvalue weighted by Gasteiger charge is -2.62. The Morgan fingerprint density at radius 3 is 2.44 bits per heavy atom. The Bertz CT molecular complexity index is 1050. The zero-order valence-electron chi connectivity index (χ0n) is 21.8. The van der Waals surface area contributed by atoms with Gasteiger partial charge < -0.3 is 14.6 Å². The Labute approximate surface area is 211 Å². The van der Waals surface area contributed by atoms with Crippen LogP contribution in [0.15, 0.2) is 23.8 Å². The molecule has 0 aromatic rings. The summed E-state index contributed by atoms with van der Waals surface area (Å²) in [5, 5.41) is 11.5. The Hall–Kier alpha value is -2.35. The number of carbonyl (C=O) groups excluding carboxylic acids is 4. The van der Waals surface area contributed by atoms with E-state index in [1.54, 1.807) is 33.8 Å². The van der Waals surface area contributed by atoms with Crippen LogP contribution in [-0.4, -0.2) is 52.6 Å². The van der Waals surface area contributed by atoms with Crippen molar-refractivity contribution < 1.29 is 38.1 Å². The van der Waals surface area contributed by atoms with Crippen LogP contribution < -0.4 is 0 Å². The van der Waals surface area contributed by atoms with Crippen LogP contribution >= 0.6 is 0 Å². The van der Waals surface area contributed by atoms with E-state index < -0.39 is 64.4 Å². The van der Waals surface area contributed by atoms with E-state index >= 15 is 4.39 Å². The number of aliphatic hydroxyl groups is 1. The first-order chi connectivity index (χ1) is 16.8. The van der Waals surface area contributed by atoms with Gasteiger partial charge in [0.2, 0.25) is 5.78 Å². The van der Waals surface area contributed by atoms with Gasteiger partial charge in [0.05, 0.1) is 6.10 Å². The Balaban J connectivity index is 1.80. The highest BCUT2D eigenvalue weighted by molar-refractivity contribution is 6.01. The molecule has 8 atom stereocenters. The molecule has 0 heterocycles. The zero-order valence-corrected chi connectivity index (χ0v) is 21.8. The number of esters is 2. The minimum Gasteiger partial charge on any atom is -0.457 e. The molecule has 3 fully saturated rings. The van der Waals surface area contributed by atoms with Crippen LogP contribution in [0.25, 0.3) is 0 Å². The third kappa shape index (κ3) is 3.39. The molecule has 0 saturated heterocycles. The SMILES string of the molecule is CCC(=O)OCC(=O)[C@]1(OC(=O)CC)[C@H](C)C[C@@H]2[C@H]3CCC4=CC(=O)C=C[C@]4(C)[C@]3(F)[C@@H](O)C[C@]21C. The molecule has 0 unspecified atom stereocenters. The Morgan fingerprint density at radius 2 is 1.81 bits per heavy atom. The average molecular weight is 505 g/mol. The topological polar surface area (TPSA) is 107 Å². The number of carbonyl (C=O) groups is 4. The summed E-state index contributed by atoms with van der Waals surface area (Å²) >= 11 is 0. The van der Waals surface area contributed by atoms with E-state index in [9.17, 15) is 24.3 Å². The van der Waals surface area contributed by atoms with Crippen LogP contribution in [-0.2, 0) is 28.7 Å². The lowest BCUT2D eigenvalue weighted by molar-refractivity contribution is -0.228. The third-order valence-electron chi connectivity index (χ3n) is 9.81. The molecule has 4 aliphatic carbocycles. The first kappa shape index (κ1) is 26.7. The molecular formula is C28H37FO7. The van der Waals surface area contributed by atoms with Gasteiger partial charge >= 0.3 is 11.9 Å². The van der Waals surface area contributed by atoms with Crippen LogP contribution in [0.4, 0.5) is 4.39 Å². The van der Waals surface area contributed by atoms with Gasteiger partial charge in [0, 0.05) is 35.5 Å². The van der Waals surface area contributed by atoms with Crippen LogP contribution in [0, 0.1) is 28.6 Å². The highest BCUT2D eigenvalue weighted by atomic mass is 19.1. The van der Waals surface area contributed by atoms with E-state index in [4.69, 9.17) is 9.47 Å². The molecule has 0 aliphatic heterocycles. The van der Waals surface area contributed by atoms with Crippen LogP contribution in [0.5, 0.6) is 0 Å². The fourth-order valence-corrected chi connectivity index (χ4v) is 8.01. The molecule has 0 aromatic heterocycles. The van der Waals surface area contributed by atoms with Crippen molar-refractivity contribution in [1.29, 1.82) is 0 Å². The highest BCUT2D eigenvalue weighted by Crippen LogP contribution is 2.71. The summed E-state index contributed by atoms with van der Waals surface area (Å²) in [7, 11) is 0. The number of ketones is 2. The number of Topliss-reactive ketones (excluding diaryl/α,β-unsaturated/α-hetero) is 1. The molecule has 8 heteroatoms. The highest BCUT2D eigenvalue weighted by Gasteiger charge is 2.77. The van der Waals surface area contributed by atoms with Crippen molar-refractivity contribution in [2.45, 2.75) is 90.5 Å². The number of ether oxygens (including phenoxy) is 2. The van der Waals surface area contributed by atoms with Crippen molar-refractivity contribution in [3.8, 4) is 0 Å². The van der Waals surface area contributed by atoms with Crippen molar-refractivity contribution >= 4 is 23.5 Å². The van der Waals surface area contributed by atoms with Gasteiger partial charge in [-0.3, -0.25) is 19.2 Å². The molecular weight excluding hydrogens is 467 g/mol. The predicted molar refractivity (Wildman–Crippen MR) is 128 cm³/mol. The minimum absolute atomic E-state index is 0.0430. The molecule has 198 valence electrons. The van der Waals surface area contributed by atoms with E-state index in [2.05, 4.69) is 0 Å². The summed E-state index contributed by atoms with van der Waals surface area (Å²) < 4.78 is 28.5. The Kier molecular flexibility index (Phi) is 6.60. The second-order valence-corrected chi connectivity index (χ2v) is 11.4. The molecule has 3 saturated carbocycles. The number of aliphatic hydroxyl groups excluding tert-OH is 1. The van der Waals surface area contributed by atoms with Crippen molar-refractivity contribution in [2.75, 3.05) is 6.61 Å². The van der Waals surface area contributed by atoms with Crippen LogP contribution in [0.2, 0.25) is 0 Å². The number of hydrogen-bond acceptors (Lipinski definition) is 7. The van der Waals surface area contributed by atoms with Crippen LogP contribution in [0.1, 0.15) is 73.1 Å². The number of rotatable bonds is 6. The zero-order chi connectivity index (χ0) is 26.7. The van der Waals surface area contributed by atoms with Gasteiger partial charge in [-0.15, -0.1) is 0 Å². The summed E-state index contributed by atoms with van der Waals surface area (Å²) in [6, 6.07) is 0. The maximum atomic E-state index is 17.4. The summed E-state index contributed by atoms with van der Waals surface area (Å²) in [6.07, 6.45) is 4.32. The van der Waals surface area contributed by atoms with Crippen molar-refractivity contribution in [1.82, 2.24) is 0 Å². The summed E-state index contributed by atoms with van der Waals surface area (Å²) in [5.41, 5.74) is -5.26. The first-order valence-electron chi connectivity index (χ1n) is 13.0. The predicted octanol–water partition coefficient (Wildman–Crippen LogP) is 3.82. The smallest absolute Gasteiger partial charge is 0.306 e. The summed E-state index contributed by atoms with van der Waals surface area (Å²) in [6.45, 7) is 8.05. The average Bonchev–Trinajstić information content (AvgIpc) is 3.05.